The number of imide groups is 1. The lowest BCUT2D eigenvalue weighted by Gasteiger charge is -2.22. The van der Waals surface area contributed by atoms with Crippen LogP contribution in [0.5, 0.6) is 0 Å². The molecular formula is C15H24N2O4. The van der Waals surface area contributed by atoms with Crippen LogP contribution in [-0.4, -0.2) is 29.1 Å². The molecule has 0 unspecified atom stereocenters. The molecule has 0 heterocycles. The van der Waals surface area contributed by atoms with E-state index < -0.39 is 23.3 Å². The van der Waals surface area contributed by atoms with Crippen LogP contribution in [0.15, 0.2) is 0 Å². The van der Waals surface area contributed by atoms with Crippen molar-refractivity contribution in [3.05, 3.63) is 0 Å². The smallest absolute Gasteiger partial charge is 0.321 e. The maximum Gasteiger partial charge on any atom is 0.321 e. The summed E-state index contributed by atoms with van der Waals surface area (Å²) in [5, 5.41) is 14.0. The molecule has 0 aromatic carbocycles. The van der Waals surface area contributed by atoms with Gasteiger partial charge in [0.15, 0.2) is 0 Å². The summed E-state index contributed by atoms with van der Waals surface area (Å²) >= 11 is 0. The molecule has 3 amide bonds. The second kappa shape index (κ2) is 6.03. The van der Waals surface area contributed by atoms with Crippen LogP contribution in [0, 0.1) is 17.3 Å². The molecule has 0 aromatic heterocycles. The van der Waals surface area contributed by atoms with Gasteiger partial charge in [0.2, 0.25) is 5.91 Å². The Kier molecular flexibility index (Phi) is 4.54. The number of rotatable bonds is 7. The summed E-state index contributed by atoms with van der Waals surface area (Å²) in [5.74, 6) is -0.229. The summed E-state index contributed by atoms with van der Waals surface area (Å²) in [6.07, 6.45) is 4.53. The van der Waals surface area contributed by atoms with E-state index in [4.69, 9.17) is 5.11 Å². The second-order valence-electron chi connectivity index (χ2n) is 7.13. The summed E-state index contributed by atoms with van der Waals surface area (Å²) in [7, 11) is 0. The van der Waals surface area contributed by atoms with Crippen LogP contribution in [0.2, 0.25) is 0 Å². The summed E-state index contributed by atoms with van der Waals surface area (Å²) in [5.41, 5.74) is -0.664. The van der Waals surface area contributed by atoms with E-state index >= 15 is 0 Å². The second-order valence-corrected chi connectivity index (χ2v) is 7.13. The minimum Gasteiger partial charge on any atom is -0.481 e. The highest BCUT2D eigenvalue weighted by molar-refractivity contribution is 5.94. The number of aliphatic carboxylic acids is 1. The molecule has 6 heteroatoms. The third-order valence-electron chi connectivity index (χ3n) is 4.08. The largest absolute Gasteiger partial charge is 0.481 e. The van der Waals surface area contributed by atoms with Crippen molar-refractivity contribution in [2.45, 2.75) is 58.4 Å². The van der Waals surface area contributed by atoms with Crippen LogP contribution in [0.1, 0.15) is 52.4 Å². The number of hydrogen-bond donors (Lipinski definition) is 3. The van der Waals surface area contributed by atoms with Crippen LogP contribution in [0.3, 0.4) is 0 Å². The molecular weight excluding hydrogens is 272 g/mol. The first-order valence-electron chi connectivity index (χ1n) is 7.59. The van der Waals surface area contributed by atoms with Gasteiger partial charge in [0.1, 0.15) is 0 Å². The number of nitrogens with one attached hydrogen (secondary N) is 2. The monoisotopic (exact) mass is 296 g/mol. The van der Waals surface area contributed by atoms with Gasteiger partial charge in [0, 0.05) is 12.5 Å². The molecule has 0 atom stereocenters. The van der Waals surface area contributed by atoms with E-state index in [1.807, 2.05) is 0 Å². The number of carbonyl (C=O) groups is 3. The number of hydrogen-bond acceptors (Lipinski definition) is 3. The zero-order chi connectivity index (χ0) is 15.6. The van der Waals surface area contributed by atoms with Crippen molar-refractivity contribution in [3.8, 4) is 0 Å². The Labute approximate surface area is 124 Å². The fraction of sp³-hybridized carbons (Fsp3) is 0.800. The molecule has 21 heavy (non-hydrogen) atoms. The molecule has 3 N–H and O–H groups in total. The number of carbonyl (C=O) groups excluding carboxylic acids is 2. The minimum atomic E-state index is -0.945. The fourth-order valence-electron chi connectivity index (χ4n) is 2.80. The topological polar surface area (TPSA) is 95.5 Å². The Morgan fingerprint density at radius 1 is 1.10 bits per heavy atom. The fourth-order valence-corrected chi connectivity index (χ4v) is 2.80. The van der Waals surface area contributed by atoms with Gasteiger partial charge in [-0.1, -0.05) is 13.8 Å². The predicted molar refractivity (Wildman–Crippen MR) is 76.6 cm³/mol. The molecule has 0 aromatic rings. The van der Waals surface area contributed by atoms with Crippen molar-refractivity contribution in [1.82, 2.24) is 10.6 Å². The Morgan fingerprint density at radius 2 is 1.62 bits per heavy atom. The molecule has 2 aliphatic rings. The van der Waals surface area contributed by atoms with E-state index in [0.29, 0.717) is 11.8 Å². The van der Waals surface area contributed by atoms with Crippen LogP contribution in [0.4, 0.5) is 4.79 Å². The van der Waals surface area contributed by atoms with Gasteiger partial charge in [-0.05, 0) is 42.9 Å². The SMILES string of the molecule is CC(C)(CC(=O)O)CC(=O)NC(=O)NC(C1CC1)C1CC1. The van der Waals surface area contributed by atoms with Crippen molar-refractivity contribution in [2.24, 2.45) is 17.3 Å². The number of amides is 3. The third-order valence-corrected chi connectivity index (χ3v) is 4.08. The zero-order valence-electron chi connectivity index (χ0n) is 12.6. The van der Waals surface area contributed by atoms with Crippen molar-refractivity contribution < 1.29 is 19.5 Å². The maximum absolute atomic E-state index is 11.9. The maximum atomic E-state index is 11.9. The predicted octanol–water partition coefficient (Wildman–Crippen LogP) is 1.89. The van der Waals surface area contributed by atoms with Crippen LogP contribution in [0.25, 0.3) is 0 Å². The molecule has 0 aliphatic heterocycles. The highest BCUT2D eigenvalue weighted by Crippen LogP contribution is 2.44. The van der Waals surface area contributed by atoms with E-state index in [2.05, 4.69) is 10.6 Å². The molecule has 2 rings (SSSR count). The normalized spacial score (nSPS) is 18.4. The lowest BCUT2D eigenvalue weighted by molar-refractivity contribution is -0.139. The van der Waals surface area contributed by atoms with Crippen LogP contribution in [-0.2, 0) is 9.59 Å². The van der Waals surface area contributed by atoms with E-state index in [9.17, 15) is 14.4 Å². The molecule has 0 spiro atoms. The van der Waals surface area contributed by atoms with E-state index in [1.54, 1.807) is 13.8 Å². The van der Waals surface area contributed by atoms with E-state index in [-0.39, 0.29) is 18.9 Å². The van der Waals surface area contributed by atoms with Gasteiger partial charge < -0.3 is 10.4 Å². The Balaban J connectivity index is 1.76. The molecule has 0 radical (unpaired) electrons. The average molecular weight is 296 g/mol. The first-order valence-corrected chi connectivity index (χ1v) is 7.59. The number of urea groups is 1. The Morgan fingerprint density at radius 3 is 2.05 bits per heavy atom. The van der Waals surface area contributed by atoms with Gasteiger partial charge >= 0.3 is 12.0 Å². The van der Waals surface area contributed by atoms with Gasteiger partial charge in [-0.25, -0.2) is 4.79 Å². The molecule has 2 saturated carbocycles. The molecule has 6 nitrogen and oxygen atoms in total. The first kappa shape index (κ1) is 15.8. The lowest BCUT2D eigenvalue weighted by Crippen LogP contribution is -2.47. The van der Waals surface area contributed by atoms with Gasteiger partial charge in [-0.3, -0.25) is 14.9 Å². The minimum absolute atomic E-state index is 0.0181. The van der Waals surface area contributed by atoms with Crippen molar-refractivity contribution >= 4 is 17.9 Å². The van der Waals surface area contributed by atoms with Gasteiger partial charge in [-0.15, -0.1) is 0 Å². The number of carboxylic acid groups (broad SMARTS) is 1. The highest BCUT2D eigenvalue weighted by atomic mass is 16.4. The standard InChI is InChI=1S/C15H24N2O4/c1-15(2,8-12(19)20)7-11(18)16-14(21)17-13(9-3-4-9)10-5-6-10/h9-10,13H,3-8H2,1-2H3,(H,19,20)(H2,16,17,18,21). The summed E-state index contributed by atoms with van der Waals surface area (Å²) in [6, 6.07) is -0.250. The van der Waals surface area contributed by atoms with Gasteiger partial charge in [-0.2, -0.15) is 0 Å². The van der Waals surface area contributed by atoms with E-state index in [1.165, 1.54) is 0 Å². The summed E-state index contributed by atoms with van der Waals surface area (Å²) < 4.78 is 0. The van der Waals surface area contributed by atoms with Gasteiger partial charge in [0.25, 0.3) is 0 Å². The average Bonchev–Trinajstić information content (AvgIpc) is 3.16. The molecule has 118 valence electrons. The molecule has 0 saturated heterocycles. The first-order chi connectivity index (χ1) is 9.77. The summed E-state index contributed by atoms with van der Waals surface area (Å²) in [6.45, 7) is 3.41. The summed E-state index contributed by atoms with van der Waals surface area (Å²) in [4.78, 5) is 34.4. The van der Waals surface area contributed by atoms with Crippen molar-refractivity contribution in [2.75, 3.05) is 0 Å². The third kappa shape index (κ3) is 5.36. The Hall–Kier alpha value is -1.59. The Bertz CT molecular complexity index is 427. The molecule has 0 bridgehead atoms. The van der Waals surface area contributed by atoms with Crippen molar-refractivity contribution in [3.63, 3.8) is 0 Å². The zero-order valence-corrected chi connectivity index (χ0v) is 12.6. The number of carboxylic acids is 1. The molecule has 2 fully saturated rings. The van der Waals surface area contributed by atoms with Crippen LogP contribution < -0.4 is 10.6 Å². The highest BCUT2D eigenvalue weighted by Gasteiger charge is 2.42. The lowest BCUT2D eigenvalue weighted by atomic mass is 9.85. The van der Waals surface area contributed by atoms with E-state index in [0.717, 1.165) is 25.7 Å². The van der Waals surface area contributed by atoms with Gasteiger partial charge in [0.05, 0.1) is 6.42 Å². The van der Waals surface area contributed by atoms with Crippen molar-refractivity contribution in [1.29, 1.82) is 0 Å². The molecule has 2 aliphatic carbocycles. The van der Waals surface area contributed by atoms with Crippen LogP contribution >= 0.6 is 0 Å². The quantitative estimate of drug-likeness (QED) is 0.668.